The second kappa shape index (κ2) is 9.15. The van der Waals surface area contributed by atoms with Crippen LogP contribution in [0.1, 0.15) is 42.5 Å². The maximum absolute atomic E-state index is 12.1. The number of benzene rings is 2. The summed E-state index contributed by atoms with van der Waals surface area (Å²) in [5, 5.41) is 1.37. The highest BCUT2D eigenvalue weighted by Gasteiger charge is 2.18. The summed E-state index contributed by atoms with van der Waals surface area (Å²) in [5.74, 6) is 0.247. The van der Waals surface area contributed by atoms with Crippen molar-refractivity contribution in [2.75, 3.05) is 0 Å². The average Bonchev–Trinajstić information content (AvgIpc) is 3.20. The summed E-state index contributed by atoms with van der Waals surface area (Å²) in [6.07, 6.45) is 10.5. The zero-order chi connectivity index (χ0) is 23.8. The maximum atomic E-state index is 12.1. The number of nitrogens with two attached hydrogens (primary N) is 1. The van der Waals surface area contributed by atoms with Crippen LogP contribution in [0.25, 0.3) is 33.2 Å². The Morgan fingerprint density at radius 3 is 2.35 bits per heavy atom. The minimum atomic E-state index is -0.424. The van der Waals surface area contributed by atoms with E-state index < -0.39 is 5.91 Å². The van der Waals surface area contributed by atoms with E-state index in [1.54, 1.807) is 25.2 Å². The first-order valence-electron chi connectivity index (χ1n) is 11.8. The Hall–Kier alpha value is -3.31. The standard InChI is InChI=1S/C28H28ClN3O2/c1-31-16-22(13-25(29)28(31)34)21-11-12-23-24(19-7-9-20(10-8-19)27(30)33)17-32(26(23)14-21)15-18-5-3-2-4-6-18/h7-14,16-18H,2-6,15H2,1H3,(H2,30,33). The number of carbonyl (C=O) groups excluding carboxylic acids is 1. The van der Waals surface area contributed by atoms with E-state index in [9.17, 15) is 9.59 Å². The molecule has 0 bridgehead atoms. The molecule has 1 saturated carbocycles. The van der Waals surface area contributed by atoms with Crippen molar-refractivity contribution in [3.63, 3.8) is 0 Å². The number of pyridine rings is 1. The molecule has 0 atom stereocenters. The van der Waals surface area contributed by atoms with Crippen molar-refractivity contribution in [1.82, 2.24) is 9.13 Å². The van der Waals surface area contributed by atoms with Crippen LogP contribution in [0.2, 0.25) is 5.02 Å². The fourth-order valence-corrected chi connectivity index (χ4v) is 5.39. The zero-order valence-corrected chi connectivity index (χ0v) is 20.0. The van der Waals surface area contributed by atoms with Crippen LogP contribution >= 0.6 is 11.6 Å². The summed E-state index contributed by atoms with van der Waals surface area (Å²) in [6, 6.07) is 15.6. The Morgan fingerprint density at radius 2 is 1.68 bits per heavy atom. The van der Waals surface area contributed by atoms with Gasteiger partial charge in [-0.05, 0) is 59.7 Å². The molecule has 2 N–H and O–H groups in total. The number of nitrogens with zero attached hydrogens (tertiary/aromatic N) is 2. The lowest BCUT2D eigenvalue weighted by Crippen LogP contribution is -2.16. The molecule has 2 aromatic carbocycles. The molecular weight excluding hydrogens is 446 g/mol. The molecule has 1 aliphatic carbocycles. The second-order valence-corrected chi connectivity index (χ2v) is 9.77. The molecule has 0 unspecified atom stereocenters. The molecule has 2 heterocycles. The second-order valence-electron chi connectivity index (χ2n) is 9.37. The van der Waals surface area contributed by atoms with Gasteiger partial charge in [-0.2, -0.15) is 0 Å². The monoisotopic (exact) mass is 473 g/mol. The van der Waals surface area contributed by atoms with Crippen LogP contribution in [-0.2, 0) is 13.6 Å². The van der Waals surface area contributed by atoms with Crippen molar-refractivity contribution in [3.8, 4) is 22.3 Å². The fraction of sp³-hybridized carbons (Fsp3) is 0.286. The highest BCUT2D eigenvalue weighted by atomic mass is 35.5. The molecule has 6 heteroatoms. The van der Waals surface area contributed by atoms with Gasteiger partial charge in [0.1, 0.15) is 5.02 Å². The van der Waals surface area contributed by atoms with Crippen LogP contribution in [0, 0.1) is 5.92 Å². The minimum absolute atomic E-state index is 0.200. The molecule has 0 radical (unpaired) electrons. The number of halogens is 1. The number of fused-ring (bicyclic) bond motifs is 1. The van der Waals surface area contributed by atoms with Gasteiger partial charge in [-0.3, -0.25) is 9.59 Å². The Bertz CT molecular complexity index is 1400. The van der Waals surface area contributed by atoms with E-state index in [2.05, 4.69) is 29.0 Å². The van der Waals surface area contributed by atoms with Crippen LogP contribution in [0.15, 0.2) is 65.7 Å². The Kier molecular flexibility index (Phi) is 6.05. The molecule has 4 aromatic rings. The molecule has 5 rings (SSSR count). The molecule has 0 spiro atoms. The van der Waals surface area contributed by atoms with Gasteiger partial charge < -0.3 is 14.9 Å². The number of hydrogen-bond donors (Lipinski definition) is 1. The normalized spacial score (nSPS) is 14.5. The van der Waals surface area contributed by atoms with Crippen LogP contribution in [0.5, 0.6) is 0 Å². The molecule has 5 nitrogen and oxygen atoms in total. The molecule has 0 saturated heterocycles. The number of amides is 1. The Labute approximate surface area is 203 Å². The van der Waals surface area contributed by atoms with Gasteiger partial charge in [0.15, 0.2) is 0 Å². The smallest absolute Gasteiger partial charge is 0.269 e. The summed E-state index contributed by atoms with van der Waals surface area (Å²) in [4.78, 5) is 23.6. The number of aromatic nitrogens is 2. The lowest BCUT2D eigenvalue weighted by Gasteiger charge is -2.22. The predicted molar refractivity (Wildman–Crippen MR) is 138 cm³/mol. The van der Waals surface area contributed by atoms with Crippen molar-refractivity contribution >= 4 is 28.4 Å². The fourth-order valence-electron chi connectivity index (χ4n) is 5.14. The summed E-state index contributed by atoms with van der Waals surface area (Å²) in [5.41, 5.74) is 11.0. The third-order valence-electron chi connectivity index (χ3n) is 7.02. The SMILES string of the molecule is Cn1cc(-c2ccc3c(-c4ccc(C(N)=O)cc4)cn(CC4CCCCC4)c3c2)cc(Cl)c1=O. The predicted octanol–water partition coefficient (Wildman–Crippen LogP) is 6.01. The third kappa shape index (κ3) is 4.28. The van der Waals surface area contributed by atoms with E-state index in [1.807, 2.05) is 18.3 Å². The van der Waals surface area contributed by atoms with Crippen LogP contribution in [0.4, 0.5) is 0 Å². The van der Waals surface area contributed by atoms with Crippen LogP contribution in [0.3, 0.4) is 0 Å². The van der Waals surface area contributed by atoms with E-state index in [1.165, 1.54) is 36.7 Å². The quantitative estimate of drug-likeness (QED) is 0.385. The van der Waals surface area contributed by atoms with E-state index in [4.69, 9.17) is 17.3 Å². The topological polar surface area (TPSA) is 70.0 Å². The Morgan fingerprint density at radius 1 is 0.971 bits per heavy atom. The van der Waals surface area contributed by atoms with E-state index in [0.29, 0.717) is 11.5 Å². The highest BCUT2D eigenvalue weighted by Crippen LogP contribution is 2.36. The third-order valence-corrected chi connectivity index (χ3v) is 7.29. The lowest BCUT2D eigenvalue weighted by molar-refractivity contribution is 0.100. The number of carbonyl (C=O) groups is 1. The van der Waals surface area contributed by atoms with Gasteiger partial charge in [-0.15, -0.1) is 0 Å². The first kappa shape index (κ1) is 22.5. The van der Waals surface area contributed by atoms with Gasteiger partial charge in [0.2, 0.25) is 5.91 Å². The van der Waals surface area contributed by atoms with Crippen LogP contribution < -0.4 is 11.3 Å². The Balaban J connectivity index is 1.63. The van der Waals surface area contributed by atoms with Crippen molar-refractivity contribution in [3.05, 3.63) is 81.9 Å². The summed E-state index contributed by atoms with van der Waals surface area (Å²) >= 11 is 6.20. The minimum Gasteiger partial charge on any atom is -0.366 e. The molecular formula is C28H28ClN3O2. The maximum Gasteiger partial charge on any atom is 0.269 e. The molecule has 1 amide bonds. The van der Waals surface area contributed by atoms with Gasteiger partial charge in [-0.25, -0.2) is 0 Å². The molecule has 34 heavy (non-hydrogen) atoms. The molecule has 2 aromatic heterocycles. The first-order chi connectivity index (χ1) is 16.4. The zero-order valence-electron chi connectivity index (χ0n) is 19.3. The molecule has 1 fully saturated rings. The van der Waals surface area contributed by atoms with Crippen molar-refractivity contribution in [2.24, 2.45) is 18.7 Å². The number of hydrogen-bond acceptors (Lipinski definition) is 2. The molecule has 0 aliphatic heterocycles. The summed E-state index contributed by atoms with van der Waals surface area (Å²) in [6.45, 7) is 0.980. The first-order valence-corrected chi connectivity index (χ1v) is 12.2. The van der Waals surface area contributed by atoms with Crippen molar-refractivity contribution in [2.45, 2.75) is 38.6 Å². The van der Waals surface area contributed by atoms with E-state index >= 15 is 0 Å². The lowest BCUT2D eigenvalue weighted by atomic mass is 9.89. The van der Waals surface area contributed by atoms with Gasteiger partial charge in [0.25, 0.3) is 5.56 Å². The number of primary amides is 1. The number of rotatable bonds is 5. The largest absolute Gasteiger partial charge is 0.366 e. The summed E-state index contributed by atoms with van der Waals surface area (Å²) < 4.78 is 3.89. The van der Waals surface area contributed by atoms with E-state index in [0.717, 1.165) is 39.7 Å². The highest BCUT2D eigenvalue weighted by molar-refractivity contribution is 6.30. The van der Waals surface area contributed by atoms with Gasteiger partial charge in [0, 0.05) is 48.0 Å². The average molecular weight is 474 g/mol. The van der Waals surface area contributed by atoms with Gasteiger partial charge >= 0.3 is 0 Å². The molecule has 174 valence electrons. The van der Waals surface area contributed by atoms with E-state index in [-0.39, 0.29) is 10.6 Å². The van der Waals surface area contributed by atoms with Crippen LogP contribution in [-0.4, -0.2) is 15.0 Å². The molecule has 1 aliphatic rings. The van der Waals surface area contributed by atoms with Crippen molar-refractivity contribution < 1.29 is 4.79 Å². The summed E-state index contributed by atoms with van der Waals surface area (Å²) in [7, 11) is 1.72. The van der Waals surface area contributed by atoms with Gasteiger partial charge in [0.05, 0.1) is 0 Å². The van der Waals surface area contributed by atoms with Gasteiger partial charge in [-0.1, -0.05) is 55.1 Å². The number of aryl methyl sites for hydroxylation is 1. The van der Waals surface area contributed by atoms with Crippen molar-refractivity contribution in [1.29, 1.82) is 0 Å².